The lowest BCUT2D eigenvalue weighted by Crippen LogP contribution is -2.10. The highest BCUT2D eigenvalue weighted by Gasteiger charge is 2.16. The lowest BCUT2D eigenvalue weighted by molar-refractivity contribution is 0.111. The molecule has 0 spiro atoms. The molecule has 1 aromatic rings. The fraction of sp³-hybridized carbons (Fsp3) is 0.500. The molecule has 2 heteroatoms. The molecule has 0 amide bonds. The summed E-state index contributed by atoms with van der Waals surface area (Å²) in [5.74, 6) is 0. The largest absolute Gasteiger partial charge is 0.398 e. The Kier molecular flexibility index (Phi) is 2.73. The minimum Gasteiger partial charge on any atom is -0.398 e. The molecule has 0 radical (unpaired) electrons. The van der Waals surface area contributed by atoms with Crippen LogP contribution in [0.15, 0.2) is 18.2 Å². The second-order valence-corrected chi connectivity index (χ2v) is 4.04. The van der Waals surface area contributed by atoms with Crippen molar-refractivity contribution in [3.8, 4) is 0 Å². The minimum absolute atomic E-state index is 0.389. The number of anilines is 1. The summed E-state index contributed by atoms with van der Waals surface area (Å²) in [7, 11) is 0. The molecule has 14 heavy (non-hydrogen) atoms. The number of hydrogen-bond donors (Lipinski definition) is 1. The summed E-state index contributed by atoms with van der Waals surface area (Å²) in [6, 6.07) is 6.26. The molecule has 2 nitrogen and oxygen atoms in total. The van der Waals surface area contributed by atoms with Gasteiger partial charge in [-0.1, -0.05) is 12.1 Å². The Morgan fingerprint density at radius 3 is 3.00 bits per heavy atom. The molecule has 2 N–H and O–H groups in total. The van der Waals surface area contributed by atoms with Crippen LogP contribution < -0.4 is 5.73 Å². The van der Waals surface area contributed by atoms with E-state index in [9.17, 15) is 0 Å². The fourth-order valence-electron chi connectivity index (χ4n) is 1.95. The van der Waals surface area contributed by atoms with E-state index in [1.807, 2.05) is 6.07 Å². The summed E-state index contributed by atoms with van der Waals surface area (Å²) in [4.78, 5) is 0. The van der Waals surface area contributed by atoms with Gasteiger partial charge in [-0.2, -0.15) is 0 Å². The summed E-state index contributed by atoms with van der Waals surface area (Å²) in [5, 5.41) is 0. The second kappa shape index (κ2) is 4.01. The first-order valence-corrected chi connectivity index (χ1v) is 5.22. The van der Waals surface area contributed by atoms with Crippen LogP contribution in [0.25, 0.3) is 0 Å². The number of ether oxygens (including phenoxy) is 1. The van der Waals surface area contributed by atoms with Gasteiger partial charge in [0.15, 0.2) is 0 Å². The molecule has 1 unspecified atom stereocenters. The molecule has 1 fully saturated rings. The van der Waals surface area contributed by atoms with Crippen molar-refractivity contribution in [1.82, 2.24) is 0 Å². The molecule has 1 aliphatic rings. The molecule has 0 aromatic heterocycles. The Hall–Kier alpha value is -1.02. The van der Waals surface area contributed by atoms with E-state index in [1.54, 1.807) is 0 Å². The average Bonchev–Trinajstić information content (AvgIpc) is 2.62. The summed E-state index contributed by atoms with van der Waals surface area (Å²) in [6.07, 6.45) is 3.72. The summed E-state index contributed by atoms with van der Waals surface area (Å²) < 4.78 is 5.59. The van der Waals surface area contributed by atoms with Crippen molar-refractivity contribution in [2.75, 3.05) is 12.3 Å². The molecule has 1 atom stereocenters. The SMILES string of the molecule is Cc1ccc(CC2CCCO2)c(N)c1. The van der Waals surface area contributed by atoms with Gasteiger partial charge in [-0.3, -0.25) is 0 Å². The first kappa shape index (κ1) is 9.53. The van der Waals surface area contributed by atoms with Crippen molar-refractivity contribution in [3.05, 3.63) is 29.3 Å². The average molecular weight is 191 g/mol. The molecule has 1 heterocycles. The van der Waals surface area contributed by atoms with Crippen LogP contribution in [0.3, 0.4) is 0 Å². The van der Waals surface area contributed by atoms with Gasteiger partial charge in [0.25, 0.3) is 0 Å². The van der Waals surface area contributed by atoms with Crippen LogP contribution in [-0.4, -0.2) is 12.7 Å². The monoisotopic (exact) mass is 191 g/mol. The van der Waals surface area contributed by atoms with Crippen molar-refractivity contribution in [3.63, 3.8) is 0 Å². The van der Waals surface area contributed by atoms with E-state index in [4.69, 9.17) is 10.5 Å². The molecule has 2 rings (SSSR count). The van der Waals surface area contributed by atoms with Crippen molar-refractivity contribution in [2.24, 2.45) is 0 Å². The van der Waals surface area contributed by atoms with Crippen LogP contribution in [0, 0.1) is 6.92 Å². The summed E-state index contributed by atoms with van der Waals surface area (Å²) in [5.41, 5.74) is 9.29. The van der Waals surface area contributed by atoms with E-state index in [0.29, 0.717) is 6.10 Å². The van der Waals surface area contributed by atoms with Gasteiger partial charge in [0.1, 0.15) is 0 Å². The highest BCUT2D eigenvalue weighted by molar-refractivity contribution is 5.49. The van der Waals surface area contributed by atoms with Gasteiger partial charge in [0, 0.05) is 18.7 Å². The Morgan fingerprint density at radius 2 is 2.36 bits per heavy atom. The standard InChI is InChI=1S/C12H17NO/c1-9-4-5-10(12(13)7-9)8-11-3-2-6-14-11/h4-5,7,11H,2-3,6,8,13H2,1H3. The molecule has 0 saturated carbocycles. The van der Waals surface area contributed by atoms with Crippen molar-refractivity contribution in [1.29, 1.82) is 0 Å². The normalized spacial score (nSPS) is 21.4. The smallest absolute Gasteiger partial charge is 0.0617 e. The zero-order valence-corrected chi connectivity index (χ0v) is 8.62. The number of aryl methyl sites for hydroxylation is 1. The number of nitrogen functional groups attached to an aromatic ring is 1. The Morgan fingerprint density at radius 1 is 1.50 bits per heavy atom. The molecule has 1 aliphatic heterocycles. The van der Waals surface area contributed by atoms with Crippen LogP contribution in [0.1, 0.15) is 24.0 Å². The second-order valence-electron chi connectivity index (χ2n) is 4.04. The van der Waals surface area contributed by atoms with Crippen LogP contribution >= 0.6 is 0 Å². The van der Waals surface area contributed by atoms with Gasteiger partial charge < -0.3 is 10.5 Å². The topological polar surface area (TPSA) is 35.2 Å². The number of rotatable bonds is 2. The van der Waals surface area contributed by atoms with Gasteiger partial charge in [0.05, 0.1) is 6.10 Å². The van der Waals surface area contributed by atoms with Crippen LogP contribution in [-0.2, 0) is 11.2 Å². The quantitative estimate of drug-likeness (QED) is 0.728. The van der Waals surface area contributed by atoms with E-state index < -0.39 is 0 Å². The maximum atomic E-state index is 5.94. The van der Waals surface area contributed by atoms with E-state index in [2.05, 4.69) is 19.1 Å². The predicted octanol–water partition coefficient (Wildman–Crippen LogP) is 2.30. The molecule has 0 aliphatic carbocycles. The maximum absolute atomic E-state index is 5.94. The van der Waals surface area contributed by atoms with Crippen molar-refractivity contribution < 1.29 is 4.74 Å². The Labute approximate surface area is 85.1 Å². The summed E-state index contributed by atoms with van der Waals surface area (Å²) >= 11 is 0. The third kappa shape index (κ3) is 2.07. The van der Waals surface area contributed by atoms with Crippen LogP contribution in [0.5, 0.6) is 0 Å². The first-order valence-electron chi connectivity index (χ1n) is 5.22. The molecule has 1 saturated heterocycles. The molecule has 1 aromatic carbocycles. The lowest BCUT2D eigenvalue weighted by Gasteiger charge is -2.11. The van der Waals surface area contributed by atoms with Gasteiger partial charge >= 0.3 is 0 Å². The third-order valence-electron chi connectivity index (χ3n) is 2.77. The molecular weight excluding hydrogens is 174 g/mol. The maximum Gasteiger partial charge on any atom is 0.0617 e. The van der Waals surface area contributed by atoms with Crippen LogP contribution in [0.4, 0.5) is 5.69 Å². The zero-order valence-electron chi connectivity index (χ0n) is 8.62. The number of benzene rings is 1. The highest BCUT2D eigenvalue weighted by atomic mass is 16.5. The van der Waals surface area contributed by atoms with Gasteiger partial charge in [0.2, 0.25) is 0 Å². The van der Waals surface area contributed by atoms with Crippen molar-refractivity contribution in [2.45, 2.75) is 32.3 Å². The predicted molar refractivity (Wildman–Crippen MR) is 58.3 cm³/mol. The highest BCUT2D eigenvalue weighted by Crippen LogP contribution is 2.21. The molecule has 76 valence electrons. The number of hydrogen-bond acceptors (Lipinski definition) is 2. The third-order valence-corrected chi connectivity index (χ3v) is 2.77. The van der Waals surface area contributed by atoms with E-state index in [-0.39, 0.29) is 0 Å². The summed E-state index contributed by atoms with van der Waals surface area (Å²) in [6.45, 7) is 2.97. The van der Waals surface area contributed by atoms with E-state index in [0.717, 1.165) is 18.7 Å². The van der Waals surface area contributed by atoms with Gasteiger partial charge in [-0.25, -0.2) is 0 Å². The molecule has 0 bridgehead atoms. The Bertz CT molecular complexity index is 316. The van der Waals surface area contributed by atoms with Crippen molar-refractivity contribution >= 4 is 5.69 Å². The Balaban J connectivity index is 2.08. The van der Waals surface area contributed by atoms with E-state index in [1.165, 1.54) is 24.0 Å². The first-order chi connectivity index (χ1) is 6.75. The zero-order chi connectivity index (χ0) is 9.97. The van der Waals surface area contributed by atoms with E-state index >= 15 is 0 Å². The fourth-order valence-corrected chi connectivity index (χ4v) is 1.95. The van der Waals surface area contributed by atoms with Gasteiger partial charge in [-0.15, -0.1) is 0 Å². The van der Waals surface area contributed by atoms with Gasteiger partial charge in [-0.05, 0) is 37.0 Å². The minimum atomic E-state index is 0.389. The van der Waals surface area contributed by atoms with Crippen LogP contribution in [0.2, 0.25) is 0 Å². The lowest BCUT2D eigenvalue weighted by atomic mass is 10.0. The number of nitrogens with two attached hydrogens (primary N) is 1. The molecular formula is C12H17NO.